The first-order valence-corrected chi connectivity index (χ1v) is 7.38. The summed E-state index contributed by atoms with van der Waals surface area (Å²) in [5.41, 5.74) is 2.70. The summed E-state index contributed by atoms with van der Waals surface area (Å²) in [6.45, 7) is 0. The zero-order valence-corrected chi connectivity index (χ0v) is 12.7. The molecule has 0 aliphatic carbocycles. The highest BCUT2D eigenvalue weighted by Gasteiger charge is 2.27. The number of benzene rings is 2. The monoisotopic (exact) mass is 328 g/mol. The second-order valence-electron chi connectivity index (χ2n) is 5.13. The van der Waals surface area contributed by atoms with Crippen LogP contribution in [0.25, 0.3) is 0 Å². The van der Waals surface area contributed by atoms with Crippen LogP contribution < -0.4 is 5.32 Å². The molecule has 2 aromatic rings. The molecule has 5 nitrogen and oxygen atoms in total. The first-order valence-electron chi connectivity index (χ1n) is 7.00. The van der Waals surface area contributed by atoms with Crippen molar-refractivity contribution in [3.05, 3.63) is 64.7 Å². The molecule has 1 aliphatic rings. The lowest BCUT2D eigenvalue weighted by molar-refractivity contribution is -0.138. The topological polar surface area (TPSA) is 78.8 Å². The van der Waals surface area contributed by atoms with Gasteiger partial charge in [0.2, 0.25) is 5.91 Å². The van der Waals surface area contributed by atoms with Crippen LogP contribution in [0.1, 0.15) is 17.5 Å². The van der Waals surface area contributed by atoms with E-state index in [9.17, 15) is 9.59 Å². The van der Waals surface area contributed by atoms with Crippen LogP contribution in [0.3, 0.4) is 0 Å². The van der Waals surface area contributed by atoms with Crippen molar-refractivity contribution in [1.82, 2.24) is 0 Å². The number of fused-ring (bicyclic) bond motifs is 1. The van der Waals surface area contributed by atoms with Crippen LogP contribution in [0.2, 0.25) is 5.02 Å². The fourth-order valence-electron chi connectivity index (χ4n) is 2.44. The molecule has 1 aliphatic heterocycles. The fourth-order valence-corrected chi connectivity index (χ4v) is 2.57. The first-order chi connectivity index (χ1) is 11.0. The van der Waals surface area contributed by atoms with Crippen molar-refractivity contribution in [2.45, 2.75) is 12.5 Å². The molecule has 1 unspecified atom stereocenters. The van der Waals surface area contributed by atoms with Gasteiger partial charge < -0.3 is 10.4 Å². The minimum Gasteiger partial charge on any atom is -0.481 e. The number of rotatable bonds is 3. The molecule has 0 spiro atoms. The molecule has 0 saturated heterocycles. The molecule has 1 atom stereocenters. The van der Waals surface area contributed by atoms with E-state index >= 15 is 0 Å². The van der Waals surface area contributed by atoms with Crippen LogP contribution in [-0.4, -0.2) is 28.7 Å². The van der Waals surface area contributed by atoms with Crippen molar-refractivity contribution < 1.29 is 14.7 Å². The minimum atomic E-state index is -1.07. The molecule has 3 rings (SSSR count). The number of nitrogens with zero attached hydrogens (tertiary/aromatic N) is 1. The van der Waals surface area contributed by atoms with Crippen molar-refractivity contribution in [1.29, 1.82) is 0 Å². The zero-order chi connectivity index (χ0) is 16.4. The summed E-state index contributed by atoms with van der Waals surface area (Å²) in [5, 5.41) is 12.4. The normalized spacial score (nSPS) is 16.8. The van der Waals surface area contributed by atoms with E-state index in [4.69, 9.17) is 16.7 Å². The Labute approximate surface area is 137 Å². The molecule has 1 amide bonds. The average molecular weight is 329 g/mol. The fraction of sp³-hybridized carbons (Fsp3) is 0.118. The number of halogens is 1. The summed E-state index contributed by atoms with van der Waals surface area (Å²) >= 11 is 5.92. The van der Waals surface area contributed by atoms with Gasteiger partial charge >= 0.3 is 5.97 Å². The molecule has 0 aromatic heterocycles. The van der Waals surface area contributed by atoms with Gasteiger partial charge in [-0.1, -0.05) is 41.9 Å². The number of hydrogen-bond donors (Lipinski definition) is 2. The molecule has 0 saturated carbocycles. The van der Waals surface area contributed by atoms with E-state index in [1.165, 1.54) is 0 Å². The molecule has 2 aromatic carbocycles. The van der Waals surface area contributed by atoms with Gasteiger partial charge in [-0.2, -0.15) is 0 Å². The third kappa shape index (κ3) is 3.24. The average Bonchev–Trinajstić information content (AvgIpc) is 2.65. The number of benzodiazepines with no additional fused rings is 1. The predicted molar refractivity (Wildman–Crippen MR) is 88.2 cm³/mol. The number of carboxylic acid groups (broad SMARTS) is 1. The molecule has 6 heteroatoms. The second kappa shape index (κ2) is 6.22. The van der Waals surface area contributed by atoms with E-state index in [2.05, 4.69) is 10.3 Å². The predicted octanol–water partition coefficient (Wildman–Crippen LogP) is 2.97. The summed E-state index contributed by atoms with van der Waals surface area (Å²) in [4.78, 5) is 27.7. The van der Waals surface area contributed by atoms with E-state index < -0.39 is 17.9 Å². The Morgan fingerprint density at radius 3 is 2.57 bits per heavy atom. The summed E-state index contributed by atoms with van der Waals surface area (Å²) in [5.74, 6) is -1.50. The van der Waals surface area contributed by atoms with E-state index in [1.807, 2.05) is 12.1 Å². The molecule has 0 fully saturated rings. The van der Waals surface area contributed by atoms with Crippen molar-refractivity contribution in [3.63, 3.8) is 0 Å². The van der Waals surface area contributed by atoms with Gasteiger partial charge in [0.25, 0.3) is 0 Å². The molecule has 0 radical (unpaired) electrons. The Morgan fingerprint density at radius 2 is 1.87 bits per heavy atom. The minimum absolute atomic E-state index is 0.364. The molecule has 23 heavy (non-hydrogen) atoms. The number of carbonyl (C=O) groups excluding carboxylic acids is 1. The van der Waals surface area contributed by atoms with Crippen LogP contribution >= 0.6 is 11.6 Å². The molecular formula is C17H13ClN2O3. The molecule has 0 bridgehead atoms. The number of hydrogen-bond acceptors (Lipinski definition) is 3. The van der Waals surface area contributed by atoms with Crippen molar-refractivity contribution in [3.8, 4) is 0 Å². The quantitative estimate of drug-likeness (QED) is 0.909. The van der Waals surface area contributed by atoms with Crippen LogP contribution in [0.5, 0.6) is 0 Å². The van der Waals surface area contributed by atoms with E-state index in [-0.39, 0.29) is 6.42 Å². The highest BCUT2D eigenvalue weighted by molar-refractivity contribution is 6.30. The first kappa shape index (κ1) is 15.2. The number of nitrogens with one attached hydrogen (secondary N) is 1. The van der Waals surface area contributed by atoms with Crippen LogP contribution in [-0.2, 0) is 9.59 Å². The summed E-state index contributed by atoms with van der Waals surface area (Å²) in [7, 11) is 0. The number of aliphatic imine (C=N–C) groups is 1. The maximum Gasteiger partial charge on any atom is 0.306 e. The third-order valence-corrected chi connectivity index (χ3v) is 3.77. The smallest absolute Gasteiger partial charge is 0.306 e. The Bertz CT molecular complexity index is 800. The number of amides is 1. The van der Waals surface area contributed by atoms with E-state index in [0.717, 1.165) is 11.1 Å². The SMILES string of the molecule is O=C(O)CC1N=C(c2ccc(Cl)cc2)c2ccccc2NC1=O. The maximum atomic E-state index is 12.2. The molecule has 1 heterocycles. The Hall–Kier alpha value is -2.66. The highest BCUT2D eigenvalue weighted by atomic mass is 35.5. The van der Waals surface area contributed by atoms with Gasteiger partial charge in [0.15, 0.2) is 0 Å². The van der Waals surface area contributed by atoms with Gasteiger partial charge in [-0.05, 0) is 18.2 Å². The zero-order valence-electron chi connectivity index (χ0n) is 12.0. The summed E-state index contributed by atoms with van der Waals surface area (Å²) in [6, 6.07) is 13.3. The Morgan fingerprint density at radius 1 is 1.17 bits per heavy atom. The third-order valence-electron chi connectivity index (χ3n) is 3.51. The van der Waals surface area contributed by atoms with Crippen LogP contribution in [0.4, 0.5) is 5.69 Å². The lowest BCUT2D eigenvalue weighted by atomic mass is 10.0. The van der Waals surface area contributed by atoms with Crippen LogP contribution in [0, 0.1) is 0 Å². The van der Waals surface area contributed by atoms with Gasteiger partial charge in [0.1, 0.15) is 6.04 Å². The largest absolute Gasteiger partial charge is 0.481 e. The Balaban J connectivity index is 2.15. The van der Waals surface area contributed by atoms with E-state index in [1.54, 1.807) is 36.4 Å². The van der Waals surface area contributed by atoms with Crippen molar-refractivity contribution in [2.75, 3.05) is 5.32 Å². The number of para-hydroxylation sites is 1. The summed E-state index contributed by atoms with van der Waals surface area (Å²) < 4.78 is 0. The van der Waals surface area contributed by atoms with Crippen molar-refractivity contribution >= 4 is 34.9 Å². The van der Waals surface area contributed by atoms with E-state index in [0.29, 0.717) is 16.4 Å². The number of anilines is 1. The number of carboxylic acids is 1. The van der Waals surface area contributed by atoms with Gasteiger partial charge in [0.05, 0.1) is 17.8 Å². The van der Waals surface area contributed by atoms with Gasteiger partial charge in [-0.25, -0.2) is 0 Å². The van der Waals surface area contributed by atoms with Crippen molar-refractivity contribution in [2.24, 2.45) is 4.99 Å². The lowest BCUT2D eigenvalue weighted by Crippen LogP contribution is -2.27. The lowest BCUT2D eigenvalue weighted by Gasteiger charge is -2.09. The van der Waals surface area contributed by atoms with Gasteiger partial charge in [-0.3, -0.25) is 14.6 Å². The number of aliphatic carboxylic acids is 1. The second-order valence-corrected chi connectivity index (χ2v) is 5.57. The molecule has 2 N–H and O–H groups in total. The van der Waals surface area contributed by atoms with Gasteiger partial charge in [-0.15, -0.1) is 0 Å². The maximum absolute atomic E-state index is 12.2. The standard InChI is InChI=1S/C17H13ClN2O3/c18-11-7-5-10(6-8-11)16-12-3-1-2-4-13(12)20-17(23)14(19-16)9-15(21)22/h1-8,14H,9H2,(H,20,23)(H,21,22). The molecular weight excluding hydrogens is 316 g/mol. The van der Waals surface area contributed by atoms with Gasteiger partial charge in [0, 0.05) is 16.1 Å². The number of carbonyl (C=O) groups is 2. The Kier molecular flexibility index (Phi) is 4.12. The molecule has 116 valence electrons. The van der Waals surface area contributed by atoms with Crippen LogP contribution in [0.15, 0.2) is 53.5 Å². The highest BCUT2D eigenvalue weighted by Crippen LogP contribution is 2.25. The summed E-state index contributed by atoms with van der Waals surface area (Å²) in [6.07, 6.45) is -0.364.